The van der Waals surface area contributed by atoms with Gasteiger partial charge in [0, 0.05) is 32.2 Å². The van der Waals surface area contributed by atoms with E-state index < -0.39 is 0 Å². The minimum absolute atomic E-state index is 0.0223. The first kappa shape index (κ1) is 21.6. The summed E-state index contributed by atoms with van der Waals surface area (Å²) < 4.78 is 7.11. The number of amides is 1. The molecule has 0 N–H and O–H groups in total. The van der Waals surface area contributed by atoms with Crippen molar-refractivity contribution in [2.75, 3.05) is 37.7 Å². The third-order valence-electron chi connectivity index (χ3n) is 5.59. The Morgan fingerprint density at radius 2 is 1.75 bits per heavy atom. The quantitative estimate of drug-likeness (QED) is 0.620. The molecule has 0 unspecified atom stereocenters. The van der Waals surface area contributed by atoms with Crippen LogP contribution in [0.2, 0.25) is 0 Å². The average Bonchev–Trinajstić information content (AvgIpc) is 3.05. The summed E-state index contributed by atoms with van der Waals surface area (Å²) in [6.07, 6.45) is 0.821. The lowest BCUT2D eigenvalue weighted by molar-refractivity contribution is -0.133. The molecule has 0 saturated carbocycles. The molecule has 1 aromatic heterocycles. The summed E-state index contributed by atoms with van der Waals surface area (Å²) in [5, 5.41) is 4.59. The summed E-state index contributed by atoms with van der Waals surface area (Å²) in [6, 6.07) is 18.7. The van der Waals surface area contributed by atoms with Crippen LogP contribution in [0.5, 0.6) is 5.75 Å². The number of rotatable bonds is 5. The zero-order valence-electron chi connectivity index (χ0n) is 18.5. The van der Waals surface area contributed by atoms with Crippen molar-refractivity contribution in [2.24, 2.45) is 0 Å². The molecule has 7 heteroatoms. The second-order valence-electron chi connectivity index (χ2n) is 8.10. The van der Waals surface area contributed by atoms with Crippen molar-refractivity contribution in [2.45, 2.75) is 20.3 Å². The predicted molar refractivity (Wildman–Crippen MR) is 125 cm³/mol. The van der Waals surface area contributed by atoms with Crippen molar-refractivity contribution in [1.82, 2.24) is 14.7 Å². The van der Waals surface area contributed by atoms with Crippen LogP contribution in [-0.2, 0) is 4.79 Å². The number of aryl methyl sites for hydroxylation is 2. The number of carbonyl (C=O) groups is 1. The van der Waals surface area contributed by atoms with E-state index in [1.54, 1.807) is 12.1 Å². The van der Waals surface area contributed by atoms with Gasteiger partial charge in [0.2, 0.25) is 0 Å². The highest BCUT2D eigenvalue weighted by atomic mass is 16.5. The third-order valence-corrected chi connectivity index (χ3v) is 5.59. The highest BCUT2D eigenvalue weighted by molar-refractivity contribution is 5.78. The van der Waals surface area contributed by atoms with E-state index in [-0.39, 0.29) is 18.1 Å². The normalized spacial score (nSPS) is 14.2. The summed E-state index contributed by atoms with van der Waals surface area (Å²) in [4.78, 5) is 29.0. The molecule has 1 aliphatic rings. The topological polar surface area (TPSA) is 67.7 Å². The summed E-state index contributed by atoms with van der Waals surface area (Å²) in [5.74, 6) is 1.42. The van der Waals surface area contributed by atoms with Crippen LogP contribution in [0.15, 0.2) is 65.5 Å². The first-order chi connectivity index (χ1) is 15.5. The zero-order valence-corrected chi connectivity index (χ0v) is 18.5. The number of hydrogen-bond donors (Lipinski definition) is 0. The standard InChI is InChI=1S/C25H28N4O3/c1-19-7-9-21(10-8-19)29-24(30)12-11-23(26-29)27-13-4-14-28(16-15-27)25(31)18-32-22-6-3-5-20(2)17-22/h3,5-12,17H,4,13-16,18H2,1-2H3. The second kappa shape index (κ2) is 9.68. The molecule has 1 amide bonds. The van der Waals surface area contributed by atoms with Gasteiger partial charge < -0.3 is 14.5 Å². The highest BCUT2D eigenvalue weighted by Crippen LogP contribution is 2.15. The molecule has 0 aliphatic carbocycles. The van der Waals surface area contributed by atoms with Gasteiger partial charge >= 0.3 is 0 Å². The Hall–Kier alpha value is -3.61. The second-order valence-corrected chi connectivity index (χ2v) is 8.10. The number of nitrogens with zero attached hydrogens (tertiary/aromatic N) is 4. The summed E-state index contributed by atoms with van der Waals surface area (Å²) in [7, 11) is 0. The summed E-state index contributed by atoms with van der Waals surface area (Å²) in [5.41, 5.74) is 2.79. The van der Waals surface area contributed by atoms with Crippen molar-refractivity contribution in [3.05, 3.63) is 82.1 Å². The molecule has 2 heterocycles. The van der Waals surface area contributed by atoms with Gasteiger partial charge in [0.15, 0.2) is 6.61 Å². The zero-order chi connectivity index (χ0) is 22.5. The number of carbonyl (C=O) groups excluding carboxylic acids is 1. The molecule has 7 nitrogen and oxygen atoms in total. The van der Waals surface area contributed by atoms with Crippen molar-refractivity contribution in [3.63, 3.8) is 0 Å². The molecule has 32 heavy (non-hydrogen) atoms. The Morgan fingerprint density at radius 1 is 0.938 bits per heavy atom. The number of benzene rings is 2. The summed E-state index contributed by atoms with van der Waals surface area (Å²) in [6.45, 7) is 6.70. The maximum atomic E-state index is 12.7. The van der Waals surface area contributed by atoms with Gasteiger partial charge in [0.1, 0.15) is 11.6 Å². The minimum atomic E-state index is -0.169. The fraction of sp³-hybridized carbons (Fsp3) is 0.320. The van der Waals surface area contributed by atoms with Crippen LogP contribution in [0.1, 0.15) is 17.5 Å². The predicted octanol–water partition coefficient (Wildman–Crippen LogP) is 2.97. The van der Waals surface area contributed by atoms with Crippen molar-refractivity contribution in [3.8, 4) is 11.4 Å². The number of hydrogen-bond acceptors (Lipinski definition) is 5. The summed E-state index contributed by atoms with van der Waals surface area (Å²) >= 11 is 0. The fourth-order valence-electron chi connectivity index (χ4n) is 3.78. The van der Waals surface area contributed by atoms with E-state index in [0.29, 0.717) is 25.4 Å². The Balaban J connectivity index is 1.41. The van der Waals surface area contributed by atoms with Crippen LogP contribution in [0, 0.1) is 13.8 Å². The van der Waals surface area contributed by atoms with Crippen LogP contribution in [0.4, 0.5) is 5.82 Å². The van der Waals surface area contributed by atoms with Gasteiger partial charge in [-0.25, -0.2) is 0 Å². The van der Waals surface area contributed by atoms with E-state index >= 15 is 0 Å². The molecule has 3 aromatic rings. The largest absolute Gasteiger partial charge is 0.484 e. The van der Waals surface area contributed by atoms with Crippen LogP contribution >= 0.6 is 0 Å². The molecule has 0 radical (unpaired) electrons. The maximum absolute atomic E-state index is 12.7. The molecular weight excluding hydrogens is 404 g/mol. The molecule has 1 aliphatic heterocycles. The molecule has 0 bridgehead atoms. The van der Waals surface area contributed by atoms with Gasteiger partial charge in [-0.2, -0.15) is 4.68 Å². The van der Waals surface area contributed by atoms with Gasteiger partial charge in [0.25, 0.3) is 11.5 Å². The van der Waals surface area contributed by atoms with Gasteiger partial charge in [-0.15, -0.1) is 5.10 Å². The Morgan fingerprint density at radius 3 is 2.53 bits per heavy atom. The molecule has 1 saturated heterocycles. The van der Waals surface area contributed by atoms with Crippen LogP contribution in [-0.4, -0.2) is 53.4 Å². The highest BCUT2D eigenvalue weighted by Gasteiger charge is 2.21. The fourth-order valence-corrected chi connectivity index (χ4v) is 3.78. The maximum Gasteiger partial charge on any atom is 0.271 e. The van der Waals surface area contributed by atoms with E-state index in [4.69, 9.17) is 4.74 Å². The van der Waals surface area contributed by atoms with Crippen molar-refractivity contribution < 1.29 is 9.53 Å². The lowest BCUT2D eigenvalue weighted by atomic mass is 10.2. The Bertz CT molecular complexity index is 1140. The molecular formula is C25H28N4O3. The van der Waals surface area contributed by atoms with E-state index in [1.807, 2.05) is 67.3 Å². The first-order valence-corrected chi connectivity index (χ1v) is 10.9. The average molecular weight is 433 g/mol. The Kier molecular flexibility index (Phi) is 6.54. The van der Waals surface area contributed by atoms with Crippen molar-refractivity contribution in [1.29, 1.82) is 0 Å². The SMILES string of the molecule is Cc1ccc(-n2nc(N3CCCN(C(=O)COc4cccc(C)c4)CC3)ccc2=O)cc1. The Labute approximate surface area is 187 Å². The lowest BCUT2D eigenvalue weighted by Crippen LogP contribution is -2.38. The number of ether oxygens (including phenoxy) is 1. The van der Waals surface area contributed by atoms with Crippen LogP contribution in [0.25, 0.3) is 5.69 Å². The van der Waals surface area contributed by atoms with Crippen LogP contribution < -0.4 is 15.2 Å². The van der Waals surface area contributed by atoms with Gasteiger partial charge in [-0.3, -0.25) is 9.59 Å². The molecule has 4 rings (SSSR count). The molecule has 0 atom stereocenters. The van der Waals surface area contributed by atoms with Gasteiger partial charge in [-0.05, 0) is 56.2 Å². The molecule has 166 valence electrons. The smallest absolute Gasteiger partial charge is 0.271 e. The third kappa shape index (κ3) is 5.17. The number of anilines is 1. The molecule has 2 aromatic carbocycles. The number of aromatic nitrogens is 2. The van der Waals surface area contributed by atoms with E-state index in [1.165, 1.54) is 4.68 Å². The van der Waals surface area contributed by atoms with E-state index in [9.17, 15) is 9.59 Å². The van der Waals surface area contributed by atoms with Gasteiger partial charge in [-0.1, -0.05) is 29.8 Å². The van der Waals surface area contributed by atoms with Crippen LogP contribution in [0.3, 0.4) is 0 Å². The van der Waals surface area contributed by atoms with Gasteiger partial charge in [0.05, 0.1) is 5.69 Å². The van der Waals surface area contributed by atoms with Crippen molar-refractivity contribution >= 4 is 11.7 Å². The lowest BCUT2D eigenvalue weighted by Gasteiger charge is -2.23. The molecule has 0 spiro atoms. The first-order valence-electron chi connectivity index (χ1n) is 10.9. The van der Waals surface area contributed by atoms with E-state index in [2.05, 4.69) is 10.00 Å². The molecule has 1 fully saturated rings. The monoisotopic (exact) mass is 432 g/mol. The minimum Gasteiger partial charge on any atom is -0.484 e. The van der Waals surface area contributed by atoms with E-state index in [0.717, 1.165) is 35.6 Å².